The summed E-state index contributed by atoms with van der Waals surface area (Å²) < 4.78 is 57.3. The lowest BCUT2D eigenvalue weighted by molar-refractivity contribution is -0.115. The maximum absolute atomic E-state index is 13.7. The van der Waals surface area contributed by atoms with Gasteiger partial charge in [-0.3, -0.25) is 14.6 Å². The van der Waals surface area contributed by atoms with Crippen LogP contribution in [-0.2, 0) is 30.1 Å². The monoisotopic (exact) mass is 802 g/mol. The lowest BCUT2D eigenvalue weighted by Gasteiger charge is -2.17. The molecule has 0 saturated carbocycles. The van der Waals surface area contributed by atoms with Gasteiger partial charge >= 0.3 is 0 Å². The number of carbonyl (C=O) groups excluding carboxylic acids is 1. The Hall–Kier alpha value is -3.42. The first-order valence-corrected chi connectivity index (χ1v) is 23.1. The largest absolute Gasteiger partial charge is 0.325 e. The van der Waals surface area contributed by atoms with E-state index in [1.165, 1.54) is 93.1 Å². The Labute approximate surface area is 327 Å². The molecule has 0 aliphatic heterocycles. The number of nitrogens with one attached hydrogen (secondary N) is 3. The molecule has 0 bridgehead atoms. The van der Waals surface area contributed by atoms with Gasteiger partial charge < -0.3 is 5.32 Å². The molecule has 14 heteroatoms. The van der Waals surface area contributed by atoms with Crippen molar-refractivity contribution in [3.63, 3.8) is 0 Å². The molecule has 1 amide bonds. The number of anilines is 2. The summed E-state index contributed by atoms with van der Waals surface area (Å²) in [6.45, 7) is 9.95. The normalized spacial score (nSPS) is 13.0. The van der Waals surface area contributed by atoms with E-state index in [0.717, 1.165) is 25.0 Å². The zero-order valence-corrected chi connectivity index (χ0v) is 35.0. The third kappa shape index (κ3) is 12.3. The smallest absolute Gasteiger partial charge is 0.243 e. The van der Waals surface area contributed by atoms with E-state index in [0.29, 0.717) is 34.2 Å². The average molecular weight is 804 g/mol. The second kappa shape index (κ2) is 20.0. The van der Waals surface area contributed by atoms with Crippen LogP contribution >= 0.6 is 11.6 Å². The number of unbranched alkanes of at least 4 members (excludes halogenated alkanes) is 13. The van der Waals surface area contributed by atoms with Crippen LogP contribution in [0.4, 0.5) is 11.4 Å². The number of aromatic amines is 1. The van der Waals surface area contributed by atoms with Crippen LogP contribution in [0.2, 0.25) is 5.02 Å². The number of hydrogen-bond acceptors (Lipinski definition) is 7. The molecule has 0 saturated heterocycles. The fraction of sp³-hybridized carbons (Fsp3) is 0.575. The summed E-state index contributed by atoms with van der Waals surface area (Å²) in [5.41, 5.74) is 2.16. The highest BCUT2D eigenvalue weighted by Crippen LogP contribution is 2.32. The standard InChI is InChI=1S/C40H59ClN6O5S2/c1-6-8-9-10-11-12-13-14-15-16-17-18-19-20-27-53(49,50)46-32-25-22-26-33(29-32)54(51,52)34(7-2)39(48)42-31-24-21-23-30(28-31)37-43-38-35(41)36(40(3,4)5)44-47(38)45-37/h21-26,28-29,34,44,46H,6-20,27H2,1-5H3,(H,42,48). The summed E-state index contributed by atoms with van der Waals surface area (Å²) in [4.78, 5) is 17.9. The third-order valence-electron chi connectivity index (χ3n) is 9.62. The summed E-state index contributed by atoms with van der Waals surface area (Å²) in [6, 6.07) is 12.4. The fourth-order valence-electron chi connectivity index (χ4n) is 6.54. The first-order chi connectivity index (χ1) is 25.7. The van der Waals surface area contributed by atoms with E-state index in [1.54, 1.807) is 31.2 Å². The van der Waals surface area contributed by atoms with Crippen molar-refractivity contribution in [2.45, 2.75) is 146 Å². The van der Waals surface area contributed by atoms with Crippen LogP contribution < -0.4 is 10.0 Å². The number of sulfonamides is 1. The van der Waals surface area contributed by atoms with Gasteiger partial charge in [0.05, 0.1) is 16.3 Å². The Kier molecular flexibility index (Phi) is 16.0. The molecular formula is C40H59ClN6O5S2. The number of carbonyl (C=O) groups is 1. The van der Waals surface area contributed by atoms with Gasteiger partial charge in [0.25, 0.3) is 0 Å². The second-order valence-corrected chi connectivity index (χ2v) is 19.6. The summed E-state index contributed by atoms with van der Waals surface area (Å²) >= 11 is 6.59. The van der Waals surface area contributed by atoms with Crippen LogP contribution in [0.1, 0.15) is 137 Å². The van der Waals surface area contributed by atoms with Crippen molar-refractivity contribution in [3.05, 3.63) is 59.2 Å². The molecule has 0 fully saturated rings. The van der Waals surface area contributed by atoms with Gasteiger partial charge in [-0.2, -0.15) is 4.63 Å². The molecule has 0 spiro atoms. The van der Waals surface area contributed by atoms with E-state index < -0.39 is 31.0 Å². The van der Waals surface area contributed by atoms with Gasteiger partial charge in [-0.1, -0.05) is 148 Å². The predicted molar refractivity (Wildman–Crippen MR) is 221 cm³/mol. The lowest BCUT2D eigenvalue weighted by atomic mass is 9.92. The zero-order chi connectivity index (χ0) is 39.4. The molecule has 4 rings (SSSR count). The number of fused-ring (bicyclic) bond motifs is 1. The molecular weight excluding hydrogens is 744 g/mol. The van der Waals surface area contributed by atoms with Crippen LogP contribution in [0.5, 0.6) is 0 Å². The van der Waals surface area contributed by atoms with Crippen molar-refractivity contribution in [3.8, 4) is 11.4 Å². The number of H-pyrrole nitrogens is 1. The van der Waals surface area contributed by atoms with E-state index in [-0.39, 0.29) is 28.2 Å². The molecule has 298 valence electrons. The minimum atomic E-state index is -4.18. The van der Waals surface area contributed by atoms with Crippen LogP contribution in [-0.4, -0.2) is 53.6 Å². The van der Waals surface area contributed by atoms with Gasteiger partial charge in [0.2, 0.25) is 15.9 Å². The number of halogens is 1. The number of amides is 1. The SMILES string of the molecule is CCCCCCCCCCCCCCCCS(=O)(=O)Nc1cccc(S(=O)(=O)C(CC)C(=O)Nc2cccc(-c3nc4c(Cl)c(C(C)(C)C)[nH]n4n3)c2)c1. The Morgan fingerprint density at radius 1 is 0.815 bits per heavy atom. The fourth-order valence-corrected chi connectivity index (χ4v) is 9.83. The van der Waals surface area contributed by atoms with Crippen molar-refractivity contribution in [2.24, 2.45) is 0 Å². The predicted octanol–water partition coefficient (Wildman–Crippen LogP) is 10.1. The van der Waals surface area contributed by atoms with Crippen molar-refractivity contribution >= 4 is 54.4 Å². The molecule has 11 nitrogen and oxygen atoms in total. The number of nitrogens with zero attached hydrogens (tertiary/aromatic N) is 3. The highest BCUT2D eigenvalue weighted by molar-refractivity contribution is 7.93. The van der Waals surface area contributed by atoms with Gasteiger partial charge in [-0.25, -0.2) is 21.8 Å². The highest BCUT2D eigenvalue weighted by Gasteiger charge is 2.33. The Morgan fingerprint density at radius 2 is 1.39 bits per heavy atom. The molecule has 0 radical (unpaired) electrons. The number of hydrogen-bond donors (Lipinski definition) is 3. The van der Waals surface area contributed by atoms with Crippen molar-refractivity contribution in [1.82, 2.24) is 19.8 Å². The quantitative estimate of drug-likeness (QED) is 0.0631. The summed E-state index contributed by atoms with van der Waals surface area (Å²) in [5, 5.41) is 9.49. The minimum absolute atomic E-state index is 0.00483. The molecule has 54 heavy (non-hydrogen) atoms. The van der Waals surface area contributed by atoms with E-state index in [1.807, 2.05) is 20.8 Å². The Morgan fingerprint density at radius 3 is 1.96 bits per heavy atom. The number of benzene rings is 2. The molecule has 4 aromatic rings. The second-order valence-electron chi connectivity index (χ2n) is 15.3. The van der Waals surface area contributed by atoms with Gasteiger partial charge in [-0.15, -0.1) is 5.10 Å². The molecule has 2 aromatic carbocycles. The van der Waals surface area contributed by atoms with Gasteiger partial charge in [0.1, 0.15) is 10.3 Å². The average Bonchev–Trinajstić information content (AvgIpc) is 3.68. The number of aromatic nitrogens is 4. The topological polar surface area (TPSA) is 155 Å². The van der Waals surface area contributed by atoms with E-state index in [2.05, 4.69) is 32.1 Å². The van der Waals surface area contributed by atoms with Gasteiger partial charge in [0.15, 0.2) is 21.3 Å². The lowest BCUT2D eigenvalue weighted by Crippen LogP contribution is -2.34. The van der Waals surface area contributed by atoms with Crippen LogP contribution in [0.3, 0.4) is 0 Å². The minimum Gasteiger partial charge on any atom is -0.325 e. The van der Waals surface area contributed by atoms with Crippen molar-refractivity contribution in [2.75, 3.05) is 15.8 Å². The third-order valence-corrected chi connectivity index (χ3v) is 13.6. The molecule has 3 N–H and O–H groups in total. The highest BCUT2D eigenvalue weighted by atomic mass is 35.5. The number of sulfone groups is 1. The molecule has 0 aliphatic rings. The summed E-state index contributed by atoms with van der Waals surface area (Å²) in [7, 11) is -7.86. The van der Waals surface area contributed by atoms with Crippen LogP contribution in [0, 0.1) is 0 Å². The van der Waals surface area contributed by atoms with Crippen molar-refractivity contribution < 1.29 is 21.6 Å². The van der Waals surface area contributed by atoms with Gasteiger partial charge in [0, 0.05) is 22.4 Å². The van der Waals surface area contributed by atoms with Gasteiger partial charge in [-0.05, 0) is 43.2 Å². The maximum Gasteiger partial charge on any atom is 0.243 e. The molecule has 1 atom stereocenters. The van der Waals surface area contributed by atoms with E-state index in [4.69, 9.17) is 11.6 Å². The molecule has 1 unspecified atom stereocenters. The number of rotatable bonds is 23. The molecule has 0 aliphatic carbocycles. The van der Waals surface area contributed by atoms with Crippen LogP contribution in [0.25, 0.3) is 17.0 Å². The van der Waals surface area contributed by atoms with E-state index in [9.17, 15) is 21.6 Å². The molecule has 2 aromatic heterocycles. The summed E-state index contributed by atoms with van der Waals surface area (Å²) in [5.74, 6) is -0.375. The zero-order valence-electron chi connectivity index (χ0n) is 32.6. The maximum atomic E-state index is 13.7. The first-order valence-electron chi connectivity index (χ1n) is 19.6. The summed E-state index contributed by atoms with van der Waals surface area (Å²) in [6.07, 6.45) is 16.5. The van der Waals surface area contributed by atoms with E-state index >= 15 is 0 Å². The van der Waals surface area contributed by atoms with Crippen LogP contribution in [0.15, 0.2) is 53.4 Å². The Bertz CT molecular complexity index is 2040. The molecule has 2 heterocycles. The Balaban J connectivity index is 1.28. The van der Waals surface area contributed by atoms with Crippen molar-refractivity contribution in [1.29, 1.82) is 0 Å². The first kappa shape index (κ1) is 43.3.